The normalized spacial score (nSPS) is 12.2. The number of carbonyl (C=O) groups is 1. The molecule has 1 amide bonds. The van der Waals surface area contributed by atoms with Crippen molar-refractivity contribution in [1.29, 1.82) is 0 Å². The Morgan fingerprint density at radius 1 is 1.20 bits per heavy atom. The highest BCUT2D eigenvalue weighted by atomic mass is 32.2. The summed E-state index contributed by atoms with van der Waals surface area (Å²) in [5, 5.41) is 3.64. The molecule has 1 aromatic rings. The molecule has 1 aromatic carbocycles. The molecule has 1 atom stereocenters. The van der Waals surface area contributed by atoms with Crippen LogP contribution in [0.4, 0.5) is 4.79 Å². The first kappa shape index (κ1) is 17.8. The fourth-order valence-corrected chi connectivity index (χ4v) is 3.59. The van der Waals surface area contributed by atoms with Crippen LogP contribution < -0.4 is 5.32 Å². The van der Waals surface area contributed by atoms with Crippen LogP contribution in [0.3, 0.4) is 0 Å². The molecule has 112 valence electrons. The molecular formula is C15H23NOS3. The second-order valence-corrected chi connectivity index (χ2v) is 8.22. The molecule has 0 aromatic heterocycles. The molecule has 1 rings (SSSR count). The Hall–Kier alpha value is -0.260. The Balaban J connectivity index is 2.26. The van der Waals surface area contributed by atoms with Gasteiger partial charge in [0.25, 0.3) is 5.24 Å². The molecular weight excluding hydrogens is 306 g/mol. The Bertz CT molecular complexity index is 395. The number of benzene rings is 1. The Labute approximate surface area is 135 Å². The van der Waals surface area contributed by atoms with Crippen molar-refractivity contribution in [3.8, 4) is 0 Å². The first-order valence-corrected chi connectivity index (χ1v) is 9.81. The second-order valence-electron chi connectivity index (χ2n) is 4.30. The zero-order valence-corrected chi connectivity index (χ0v) is 14.8. The van der Waals surface area contributed by atoms with Crippen LogP contribution in [-0.4, -0.2) is 28.5 Å². The maximum absolute atomic E-state index is 11.3. The lowest BCUT2D eigenvalue weighted by Gasteiger charge is -2.09. The average Bonchev–Trinajstić information content (AvgIpc) is 2.45. The zero-order valence-electron chi connectivity index (χ0n) is 12.3. The molecule has 0 aliphatic rings. The minimum atomic E-state index is 0.0772. The lowest BCUT2D eigenvalue weighted by Crippen LogP contribution is -2.21. The van der Waals surface area contributed by atoms with E-state index in [9.17, 15) is 4.79 Å². The van der Waals surface area contributed by atoms with Crippen LogP contribution >= 0.6 is 35.3 Å². The highest BCUT2D eigenvalue weighted by Crippen LogP contribution is 2.27. The lowest BCUT2D eigenvalue weighted by atomic mass is 10.4. The summed E-state index contributed by atoms with van der Waals surface area (Å²) in [5.74, 6) is 1.74. The van der Waals surface area contributed by atoms with Gasteiger partial charge >= 0.3 is 0 Å². The molecule has 0 aliphatic carbocycles. The van der Waals surface area contributed by atoms with Crippen LogP contribution in [0.25, 0.3) is 0 Å². The molecule has 20 heavy (non-hydrogen) atoms. The van der Waals surface area contributed by atoms with Crippen molar-refractivity contribution < 1.29 is 4.79 Å². The van der Waals surface area contributed by atoms with Crippen LogP contribution in [-0.2, 0) is 0 Å². The molecule has 1 unspecified atom stereocenters. The van der Waals surface area contributed by atoms with Crippen LogP contribution in [0.2, 0.25) is 0 Å². The number of hydrogen-bond donors (Lipinski definition) is 1. The van der Waals surface area contributed by atoms with E-state index in [1.165, 1.54) is 28.0 Å². The monoisotopic (exact) mass is 329 g/mol. The van der Waals surface area contributed by atoms with Crippen LogP contribution in [0.5, 0.6) is 0 Å². The predicted molar refractivity (Wildman–Crippen MR) is 94.3 cm³/mol. The fraction of sp³-hybridized carbons (Fsp3) is 0.533. The van der Waals surface area contributed by atoms with Crippen molar-refractivity contribution in [2.45, 2.75) is 42.2 Å². The lowest BCUT2D eigenvalue weighted by molar-refractivity contribution is 0.261. The van der Waals surface area contributed by atoms with E-state index < -0.39 is 0 Å². The van der Waals surface area contributed by atoms with Crippen molar-refractivity contribution >= 4 is 40.5 Å². The number of carbonyl (C=O) groups excluding carboxylic acids is 1. The van der Waals surface area contributed by atoms with E-state index in [-0.39, 0.29) is 5.24 Å². The molecule has 0 heterocycles. The molecule has 0 saturated carbocycles. The minimum Gasteiger partial charge on any atom is -0.346 e. The van der Waals surface area contributed by atoms with E-state index in [0.29, 0.717) is 5.25 Å². The molecule has 0 fully saturated rings. The van der Waals surface area contributed by atoms with Crippen molar-refractivity contribution in [3.05, 3.63) is 24.3 Å². The van der Waals surface area contributed by atoms with Gasteiger partial charge in [-0.1, -0.05) is 32.5 Å². The van der Waals surface area contributed by atoms with Crippen molar-refractivity contribution in [2.24, 2.45) is 0 Å². The largest absolute Gasteiger partial charge is 0.346 e. The Kier molecular flexibility index (Phi) is 9.31. The molecule has 1 N–H and O–H groups in total. The summed E-state index contributed by atoms with van der Waals surface area (Å²) in [6.07, 6.45) is 1.19. The third-order valence-electron chi connectivity index (χ3n) is 2.65. The first-order chi connectivity index (χ1) is 9.65. The maximum atomic E-state index is 11.3. The van der Waals surface area contributed by atoms with Crippen LogP contribution in [0, 0.1) is 0 Å². The zero-order chi connectivity index (χ0) is 14.8. The third kappa shape index (κ3) is 7.50. The van der Waals surface area contributed by atoms with Gasteiger partial charge in [0.2, 0.25) is 0 Å². The van der Waals surface area contributed by atoms with E-state index in [1.54, 1.807) is 11.8 Å². The molecule has 5 heteroatoms. The molecule has 2 nitrogen and oxygen atoms in total. The number of nitrogens with one attached hydrogen (secondary N) is 1. The Morgan fingerprint density at radius 2 is 1.85 bits per heavy atom. The van der Waals surface area contributed by atoms with E-state index >= 15 is 0 Å². The SMILES string of the molecule is CCSC(=O)NCCSc1ccc(SC(C)CC)cc1. The summed E-state index contributed by atoms with van der Waals surface area (Å²) < 4.78 is 0. The number of rotatable bonds is 8. The second kappa shape index (κ2) is 10.5. The Morgan fingerprint density at radius 3 is 2.45 bits per heavy atom. The summed E-state index contributed by atoms with van der Waals surface area (Å²) in [7, 11) is 0. The maximum Gasteiger partial charge on any atom is 0.279 e. The van der Waals surface area contributed by atoms with Gasteiger partial charge in [-0.3, -0.25) is 4.79 Å². The van der Waals surface area contributed by atoms with E-state index in [1.807, 2.05) is 18.7 Å². The van der Waals surface area contributed by atoms with Gasteiger partial charge in [0.05, 0.1) is 0 Å². The van der Waals surface area contributed by atoms with Gasteiger partial charge in [0.1, 0.15) is 0 Å². The van der Waals surface area contributed by atoms with Gasteiger partial charge in [0.15, 0.2) is 0 Å². The first-order valence-electron chi connectivity index (χ1n) is 6.95. The van der Waals surface area contributed by atoms with E-state index in [2.05, 4.69) is 43.4 Å². The standard InChI is InChI=1S/C15H23NOS3/c1-4-12(3)20-14-8-6-13(7-9-14)19-11-10-16-15(17)18-5-2/h6-9,12H,4-5,10-11H2,1-3H3,(H,16,17). The highest BCUT2D eigenvalue weighted by Gasteiger charge is 2.02. The molecule has 0 saturated heterocycles. The van der Waals surface area contributed by atoms with Gasteiger partial charge in [-0.05, 0) is 36.4 Å². The highest BCUT2D eigenvalue weighted by molar-refractivity contribution is 8.13. The summed E-state index contributed by atoms with van der Waals surface area (Å²) in [6.45, 7) is 7.18. The topological polar surface area (TPSA) is 29.1 Å². The van der Waals surface area contributed by atoms with Crippen molar-refractivity contribution in [1.82, 2.24) is 5.32 Å². The number of hydrogen-bond acceptors (Lipinski definition) is 4. The molecule has 0 radical (unpaired) electrons. The smallest absolute Gasteiger partial charge is 0.279 e. The summed E-state index contributed by atoms with van der Waals surface area (Å²) >= 11 is 5.03. The fourth-order valence-electron chi connectivity index (χ4n) is 1.43. The van der Waals surface area contributed by atoms with Crippen LogP contribution in [0.15, 0.2) is 34.1 Å². The van der Waals surface area contributed by atoms with Crippen molar-refractivity contribution in [2.75, 3.05) is 18.1 Å². The van der Waals surface area contributed by atoms with Gasteiger partial charge in [-0.2, -0.15) is 0 Å². The van der Waals surface area contributed by atoms with Crippen molar-refractivity contribution in [3.63, 3.8) is 0 Å². The molecule has 0 bridgehead atoms. The van der Waals surface area contributed by atoms with Gasteiger partial charge in [-0.25, -0.2) is 0 Å². The number of thioether (sulfide) groups is 3. The predicted octanol–water partition coefficient (Wildman–Crippen LogP) is 5.13. The van der Waals surface area contributed by atoms with E-state index in [0.717, 1.165) is 18.1 Å². The van der Waals surface area contributed by atoms with Gasteiger partial charge in [-0.15, -0.1) is 23.5 Å². The number of amides is 1. The summed E-state index contributed by atoms with van der Waals surface area (Å²) in [6, 6.07) is 8.70. The average molecular weight is 330 g/mol. The van der Waals surface area contributed by atoms with E-state index in [4.69, 9.17) is 0 Å². The third-order valence-corrected chi connectivity index (χ3v) is 5.64. The van der Waals surface area contributed by atoms with Crippen LogP contribution in [0.1, 0.15) is 27.2 Å². The summed E-state index contributed by atoms with van der Waals surface area (Å²) in [5.41, 5.74) is 0. The molecule has 0 aliphatic heterocycles. The quantitative estimate of drug-likeness (QED) is 0.528. The molecule has 0 spiro atoms. The summed E-state index contributed by atoms with van der Waals surface area (Å²) in [4.78, 5) is 13.9. The minimum absolute atomic E-state index is 0.0772. The van der Waals surface area contributed by atoms with Gasteiger partial charge in [0, 0.05) is 27.3 Å². The van der Waals surface area contributed by atoms with Gasteiger partial charge < -0.3 is 5.32 Å².